The topological polar surface area (TPSA) is 41.6 Å². The zero-order valence-electron chi connectivity index (χ0n) is 12.7. The van der Waals surface area contributed by atoms with E-state index < -0.39 is 7.67 Å². The highest BCUT2D eigenvalue weighted by Crippen LogP contribution is 2.56. The standard InChI is InChI=1S/C17H21N2O2P/c1-15(16-9-4-2-5-10-16)19-13-8-14-21-22(19,20)18-17-11-6-3-7-12-17/h2-7,9-12,15H,8,13-14H2,1H3,(H,18,20)/t15-,22-/m0/s1. The molecule has 0 amide bonds. The fourth-order valence-electron chi connectivity index (χ4n) is 2.72. The average Bonchev–Trinajstić information content (AvgIpc) is 2.56. The molecule has 4 nitrogen and oxygen atoms in total. The number of nitrogens with zero attached hydrogens (tertiary/aromatic N) is 1. The third-order valence-electron chi connectivity index (χ3n) is 3.91. The molecule has 2 aromatic rings. The minimum Gasteiger partial charge on any atom is -0.303 e. The molecule has 1 aliphatic rings. The van der Waals surface area contributed by atoms with Gasteiger partial charge in [-0.15, -0.1) is 0 Å². The van der Waals surface area contributed by atoms with Crippen LogP contribution in [0.3, 0.4) is 0 Å². The molecule has 1 heterocycles. The van der Waals surface area contributed by atoms with Gasteiger partial charge in [0.15, 0.2) is 0 Å². The maximum atomic E-state index is 13.3. The number of rotatable bonds is 4. The molecule has 0 aromatic heterocycles. The van der Waals surface area contributed by atoms with Crippen molar-refractivity contribution < 1.29 is 9.09 Å². The van der Waals surface area contributed by atoms with Gasteiger partial charge in [0.2, 0.25) is 0 Å². The smallest absolute Gasteiger partial charge is 0.303 e. The third kappa shape index (κ3) is 3.25. The van der Waals surface area contributed by atoms with Crippen LogP contribution in [0.2, 0.25) is 0 Å². The number of hydrogen-bond acceptors (Lipinski definition) is 2. The highest BCUT2D eigenvalue weighted by atomic mass is 31.2. The molecule has 1 aliphatic heterocycles. The van der Waals surface area contributed by atoms with Crippen molar-refractivity contribution in [3.63, 3.8) is 0 Å². The van der Waals surface area contributed by atoms with E-state index in [4.69, 9.17) is 4.52 Å². The van der Waals surface area contributed by atoms with E-state index in [0.29, 0.717) is 6.61 Å². The molecule has 1 fully saturated rings. The lowest BCUT2D eigenvalue weighted by atomic mass is 10.1. The summed E-state index contributed by atoms with van der Waals surface area (Å²) in [5.41, 5.74) is 1.96. The Balaban J connectivity index is 1.86. The zero-order valence-corrected chi connectivity index (χ0v) is 13.6. The molecule has 0 saturated carbocycles. The number of hydrogen-bond donors (Lipinski definition) is 1. The average molecular weight is 316 g/mol. The minimum atomic E-state index is -3.08. The first-order chi connectivity index (χ1) is 10.7. The third-order valence-corrected chi connectivity index (χ3v) is 6.21. The van der Waals surface area contributed by atoms with Gasteiger partial charge in [-0.05, 0) is 31.0 Å². The van der Waals surface area contributed by atoms with Crippen LogP contribution in [0.1, 0.15) is 24.9 Å². The lowest BCUT2D eigenvalue weighted by Crippen LogP contribution is -2.33. The van der Waals surface area contributed by atoms with E-state index in [2.05, 4.69) is 24.1 Å². The number of para-hydroxylation sites is 1. The van der Waals surface area contributed by atoms with Crippen LogP contribution in [-0.4, -0.2) is 17.8 Å². The van der Waals surface area contributed by atoms with Crippen molar-refractivity contribution in [2.24, 2.45) is 0 Å². The lowest BCUT2D eigenvalue weighted by molar-refractivity contribution is 0.186. The SMILES string of the molecule is C[C@@H](c1ccccc1)N1CCCO[P@@]1(=O)Nc1ccccc1. The maximum absolute atomic E-state index is 13.3. The second-order valence-corrected chi connectivity index (χ2v) is 7.47. The fraction of sp³-hybridized carbons (Fsp3) is 0.294. The summed E-state index contributed by atoms with van der Waals surface area (Å²) < 4.78 is 21.0. The van der Waals surface area contributed by atoms with Crippen molar-refractivity contribution >= 4 is 13.4 Å². The van der Waals surface area contributed by atoms with Crippen LogP contribution in [0.5, 0.6) is 0 Å². The Morgan fingerprint density at radius 1 is 1.09 bits per heavy atom. The summed E-state index contributed by atoms with van der Waals surface area (Å²) in [6.07, 6.45) is 0.887. The van der Waals surface area contributed by atoms with Crippen molar-refractivity contribution in [2.75, 3.05) is 18.2 Å². The summed E-state index contributed by atoms with van der Waals surface area (Å²) in [6.45, 7) is 3.35. The predicted molar refractivity (Wildman–Crippen MR) is 89.8 cm³/mol. The van der Waals surface area contributed by atoms with E-state index in [1.165, 1.54) is 0 Å². The van der Waals surface area contributed by atoms with Gasteiger partial charge in [-0.3, -0.25) is 0 Å². The quantitative estimate of drug-likeness (QED) is 0.831. The summed E-state index contributed by atoms with van der Waals surface area (Å²) in [7, 11) is -3.08. The van der Waals surface area contributed by atoms with Crippen molar-refractivity contribution in [1.82, 2.24) is 4.67 Å². The Labute approximate surface area is 131 Å². The first-order valence-corrected chi connectivity index (χ1v) is 9.17. The molecular weight excluding hydrogens is 295 g/mol. The van der Waals surface area contributed by atoms with Gasteiger partial charge in [0, 0.05) is 18.3 Å². The van der Waals surface area contributed by atoms with E-state index in [9.17, 15) is 4.57 Å². The molecule has 116 valence electrons. The summed E-state index contributed by atoms with van der Waals surface area (Å²) >= 11 is 0. The first-order valence-electron chi connectivity index (χ1n) is 7.59. The molecule has 3 rings (SSSR count). The molecule has 2 atom stereocenters. The van der Waals surface area contributed by atoms with Gasteiger partial charge in [0.05, 0.1) is 6.61 Å². The van der Waals surface area contributed by atoms with Crippen LogP contribution in [-0.2, 0) is 9.09 Å². The van der Waals surface area contributed by atoms with Gasteiger partial charge in [-0.1, -0.05) is 48.5 Å². The first kappa shape index (κ1) is 15.3. The van der Waals surface area contributed by atoms with Crippen molar-refractivity contribution in [2.45, 2.75) is 19.4 Å². The predicted octanol–water partition coefficient (Wildman–Crippen LogP) is 4.69. The van der Waals surface area contributed by atoms with Crippen LogP contribution in [0.25, 0.3) is 0 Å². The lowest BCUT2D eigenvalue weighted by Gasteiger charge is -2.39. The molecular formula is C17H21N2O2P. The Kier molecular flexibility index (Phi) is 4.63. The highest BCUT2D eigenvalue weighted by Gasteiger charge is 2.38. The molecule has 5 heteroatoms. The summed E-state index contributed by atoms with van der Waals surface area (Å²) in [6, 6.07) is 19.7. The molecule has 22 heavy (non-hydrogen) atoms. The molecule has 0 radical (unpaired) electrons. The maximum Gasteiger partial charge on any atom is 0.369 e. The van der Waals surface area contributed by atoms with Crippen LogP contribution in [0.15, 0.2) is 60.7 Å². The Morgan fingerprint density at radius 3 is 2.41 bits per heavy atom. The summed E-state index contributed by atoms with van der Waals surface area (Å²) in [5, 5.41) is 3.12. The van der Waals surface area contributed by atoms with Crippen molar-refractivity contribution in [1.29, 1.82) is 0 Å². The molecule has 1 saturated heterocycles. The monoisotopic (exact) mass is 316 g/mol. The van der Waals surface area contributed by atoms with Gasteiger partial charge < -0.3 is 9.61 Å². The van der Waals surface area contributed by atoms with E-state index in [0.717, 1.165) is 24.2 Å². The van der Waals surface area contributed by atoms with E-state index in [-0.39, 0.29) is 6.04 Å². The van der Waals surface area contributed by atoms with Gasteiger partial charge in [-0.2, -0.15) is 0 Å². The van der Waals surface area contributed by atoms with Gasteiger partial charge in [0.1, 0.15) is 0 Å². The van der Waals surface area contributed by atoms with Crippen LogP contribution >= 0.6 is 7.67 Å². The number of benzene rings is 2. The van der Waals surface area contributed by atoms with Crippen LogP contribution in [0.4, 0.5) is 5.69 Å². The Hall–Kier alpha value is -1.61. The summed E-state index contributed by atoms with van der Waals surface area (Å²) in [5.74, 6) is 0. The zero-order chi connectivity index (χ0) is 15.4. The summed E-state index contributed by atoms with van der Waals surface area (Å²) in [4.78, 5) is 0. The minimum absolute atomic E-state index is 0.0311. The molecule has 1 N–H and O–H groups in total. The number of anilines is 1. The van der Waals surface area contributed by atoms with Gasteiger partial charge in [0.25, 0.3) is 0 Å². The van der Waals surface area contributed by atoms with Crippen molar-refractivity contribution in [3.05, 3.63) is 66.2 Å². The Morgan fingerprint density at radius 2 is 1.73 bits per heavy atom. The fourth-order valence-corrected chi connectivity index (χ4v) is 4.91. The number of nitrogens with one attached hydrogen (secondary N) is 1. The van der Waals surface area contributed by atoms with Crippen LogP contribution in [0, 0.1) is 0 Å². The van der Waals surface area contributed by atoms with E-state index >= 15 is 0 Å². The normalized spacial score (nSPS) is 23.9. The largest absolute Gasteiger partial charge is 0.369 e. The second-order valence-electron chi connectivity index (χ2n) is 5.43. The molecule has 0 aliphatic carbocycles. The molecule has 0 spiro atoms. The van der Waals surface area contributed by atoms with E-state index in [1.54, 1.807) is 0 Å². The molecule has 2 aromatic carbocycles. The second kappa shape index (κ2) is 6.66. The Bertz CT molecular complexity index is 648. The van der Waals surface area contributed by atoms with Gasteiger partial charge >= 0.3 is 7.67 Å². The van der Waals surface area contributed by atoms with Crippen molar-refractivity contribution in [3.8, 4) is 0 Å². The van der Waals surface area contributed by atoms with Crippen LogP contribution < -0.4 is 5.09 Å². The molecule has 0 unspecified atom stereocenters. The highest BCUT2D eigenvalue weighted by molar-refractivity contribution is 7.58. The molecule has 0 bridgehead atoms. The van der Waals surface area contributed by atoms with E-state index in [1.807, 2.05) is 53.2 Å². The van der Waals surface area contributed by atoms with Gasteiger partial charge in [-0.25, -0.2) is 9.24 Å².